The quantitative estimate of drug-likeness (QED) is 0.308. The maximum absolute atomic E-state index is 13.1. The second-order valence-corrected chi connectivity index (χ2v) is 9.45. The number of benzene rings is 2. The van der Waals surface area contributed by atoms with Crippen LogP contribution in [-0.2, 0) is 4.79 Å². The molecule has 1 unspecified atom stereocenters. The van der Waals surface area contributed by atoms with E-state index in [1.807, 2.05) is 74.7 Å². The molecular weight excluding hydrogens is 462 g/mol. The lowest BCUT2D eigenvalue weighted by Crippen LogP contribution is -2.36. The number of para-hydroxylation sites is 1. The normalized spacial score (nSPS) is 16.1. The summed E-state index contributed by atoms with van der Waals surface area (Å²) in [6.45, 7) is 4.05. The Labute approximate surface area is 202 Å². The van der Waals surface area contributed by atoms with Gasteiger partial charge in [0.05, 0.1) is 22.7 Å². The van der Waals surface area contributed by atoms with Gasteiger partial charge in [-0.1, -0.05) is 60.7 Å². The fourth-order valence-corrected chi connectivity index (χ4v) is 5.14. The van der Waals surface area contributed by atoms with Gasteiger partial charge in [0.2, 0.25) is 0 Å². The number of carbonyl (C=O) groups is 1. The molecular formula is C24H22ClN3O2S2. The van der Waals surface area contributed by atoms with E-state index in [0.717, 1.165) is 23.2 Å². The summed E-state index contributed by atoms with van der Waals surface area (Å²) < 4.78 is 7.67. The number of amides is 1. The number of thiocarbonyl (C=S) groups is 1. The molecule has 2 heterocycles. The Morgan fingerprint density at radius 2 is 2.00 bits per heavy atom. The molecule has 0 spiro atoms. The summed E-state index contributed by atoms with van der Waals surface area (Å²) in [5.41, 5.74) is 3.27. The van der Waals surface area contributed by atoms with Gasteiger partial charge in [0, 0.05) is 23.4 Å². The summed E-state index contributed by atoms with van der Waals surface area (Å²) in [6.07, 6.45) is 4.61. The maximum atomic E-state index is 13.1. The fourth-order valence-electron chi connectivity index (χ4n) is 3.43. The monoisotopic (exact) mass is 483 g/mol. The van der Waals surface area contributed by atoms with Crippen molar-refractivity contribution < 1.29 is 9.53 Å². The van der Waals surface area contributed by atoms with E-state index in [0.29, 0.717) is 25.7 Å². The van der Waals surface area contributed by atoms with Crippen LogP contribution in [0.4, 0.5) is 0 Å². The van der Waals surface area contributed by atoms with Gasteiger partial charge < -0.3 is 4.74 Å². The van der Waals surface area contributed by atoms with Gasteiger partial charge in [0.1, 0.15) is 15.8 Å². The molecule has 1 aliphatic heterocycles. The van der Waals surface area contributed by atoms with Crippen LogP contribution < -0.4 is 4.74 Å². The van der Waals surface area contributed by atoms with Crippen LogP contribution in [0.15, 0.2) is 59.6 Å². The predicted octanol–water partition coefficient (Wildman–Crippen LogP) is 6.20. The van der Waals surface area contributed by atoms with E-state index in [1.54, 1.807) is 16.7 Å². The Bertz CT molecular complexity index is 1210. The van der Waals surface area contributed by atoms with E-state index in [4.69, 9.17) is 33.7 Å². The van der Waals surface area contributed by atoms with Gasteiger partial charge in [0.15, 0.2) is 0 Å². The van der Waals surface area contributed by atoms with Crippen LogP contribution in [0, 0.1) is 0 Å². The first-order valence-electron chi connectivity index (χ1n) is 10.2. The maximum Gasteiger partial charge on any atom is 0.266 e. The van der Waals surface area contributed by atoms with Gasteiger partial charge in [-0.2, -0.15) is 5.10 Å². The minimum absolute atomic E-state index is 0.0558. The molecule has 0 bridgehead atoms. The molecule has 1 aliphatic rings. The van der Waals surface area contributed by atoms with E-state index < -0.39 is 0 Å². The highest BCUT2D eigenvalue weighted by Gasteiger charge is 2.35. The van der Waals surface area contributed by atoms with Gasteiger partial charge in [-0.15, -0.1) is 0 Å². The van der Waals surface area contributed by atoms with Crippen molar-refractivity contribution in [1.29, 1.82) is 0 Å². The molecule has 1 saturated heterocycles. The highest BCUT2D eigenvalue weighted by molar-refractivity contribution is 8.26. The van der Waals surface area contributed by atoms with Crippen molar-refractivity contribution >= 4 is 51.9 Å². The Hall–Kier alpha value is -2.61. The van der Waals surface area contributed by atoms with Crippen LogP contribution in [0.3, 0.4) is 0 Å². The van der Waals surface area contributed by atoms with Crippen molar-refractivity contribution in [2.75, 3.05) is 7.11 Å². The lowest BCUT2D eigenvalue weighted by Gasteiger charge is -2.21. The number of nitrogens with zero attached hydrogens (tertiary/aromatic N) is 3. The summed E-state index contributed by atoms with van der Waals surface area (Å²) in [7, 11) is 1.58. The number of rotatable bonds is 6. The first-order valence-corrected chi connectivity index (χ1v) is 11.8. The van der Waals surface area contributed by atoms with Crippen LogP contribution in [0.2, 0.25) is 5.02 Å². The van der Waals surface area contributed by atoms with Crippen molar-refractivity contribution in [2.24, 2.45) is 0 Å². The molecule has 1 aromatic heterocycles. The summed E-state index contributed by atoms with van der Waals surface area (Å²) in [5, 5.41) is 5.30. The average Bonchev–Trinajstić information content (AvgIpc) is 3.34. The SMILES string of the molecule is CCC(C)N1C(=O)C(=Cc2cn(-c3ccccc3)nc2-c2ccc(OC)c(Cl)c2)SC1=S. The Morgan fingerprint density at radius 1 is 1.25 bits per heavy atom. The van der Waals surface area contributed by atoms with Crippen molar-refractivity contribution in [2.45, 2.75) is 26.3 Å². The van der Waals surface area contributed by atoms with Crippen molar-refractivity contribution in [3.63, 3.8) is 0 Å². The minimum atomic E-state index is -0.0690. The Morgan fingerprint density at radius 3 is 2.66 bits per heavy atom. The van der Waals surface area contributed by atoms with E-state index in [2.05, 4.69) is 0 Å². The zero-order valence-corrected chi connectivity index (χ0v) is 20.3. The Kier molecular flexibility index (Phi) is 6.69. The Balaban J connectivity index is 1.81. The molecule has 164 valence electrons. The predicted molar refractivity (Wildman–Crippen MR) is 135 cm³/mol. The molecule has 5 nitrogen and oxygen atoms in total. The zero-order chi connectivity index (χ0) is 22.8. The number of aromatic nitrogens is 2. The molecule has 0 N–H and O–H groups in total. The number of hydrogen-bond donors (Lipinski definition) is 0. The molecule has 4 rings (SSSR count). The minimum Gasteiger partial charge on any atom is -0.495 e. The summed E-state index contributed by atoms with van der Waals surface area (Å²) >= 11 is 13.2. The summed E-state index contributed by atoms with van der Waals surface area (Å²) in [4.78, 5) is 15.3. The third kappa shape index (κ3) is 4.33. The van der Waals surface area contributed by atoms with Crippen LogP contribution in [0.25, 0.3) is 23.0 Å². The van der Waals surface area contributed by atoms with Crippen molar-refractivity contribution in [3.8, 4) is 22.7 Å². The van der Waals surface area contributed by atoms with Gasteiger partial charge in [-0.3, -0.25) is 9.69 Å². The molecule has 32 heavy (non-hydrogen) atoms. The number of methoxy groups -OCH3 is 1. The van der Waals surface area contributed by atoms with Crippen LogP contribution in [0.5, 0.6) is 5.75 Å². The first-order chi connectivity index (χ1) is 15.4. The molecule has 0 saturated carbocycles. The molecule has 3 aromatic rings. The lowest BCUT2D eigenvalue weighted by molar-refractivity contribution is -0.123. The molecule has 0 aliphatic carbocycles. The van der Waals surface area contributed by atoms with Gasteiger partial charge in [-0.25, -0.2) is 4.68 Å². The molecule has 8 heteroatoms. The highest BCUT2D eigenvalue weighted by Crippen LogP contribution is 2.37. The number of thioether (sulfide) groups is 1. The van der Waals surface area contributed by atoms with E-state index in [9.17, 15) is 4.79 Å². The summed E-state index contributed by atoms with van der Waals surface area (Å²) in [6, 6.07) is 15.4. The van der Waals surface area contributed by atoms with E-state index in [1.165, 1.54) is 11.8 Å². The molecule has 0 radical (unpaired) electrons. The zero-order valence-electron chi connectivity index (χ0n) is 17.9. The number of halogens is 1. The average molecular weight is 484 g/mol. The standard InChI is InChI=1S/C24H22ClN3O2S2/c1-4-15(2)28-23(29)21(32-24(28)31)13-17-14-27(18-8-6-5-7-9-18)26-22(17)16-10-11-20(30-3)19(25)12-16/h5-15H,4H2,1-3H3. The largest absolute Gasteiger partial charge is 0.495 e. The molecule has 1 atom stereocenters. The van der Waals surface area contributed by atoms with Crippen LogP contribution in [0.1, 0.15) is 25.8 Å². The second kappa shape index (κ2) is 9.48. The smallest absolute Gasteiger partial charge is 0.266 e. The van der Waals surface area contributed by atoms with E-state index >= 15 is 0 Å². The third-order valence-corrected chi connectivity index (χ3v) is 6.96. The van der Waals surface area contributed by atoms with Crippen LogP contribution in [-0.4, -0.2) is 38.1 Å². The highest BCUT2D eigenvalue weighted by atomic mass is 35.5. The summed E-state index contributed by atoms with van der Waals surface area (Å²) in [5.74, 6) is 0.523. The molecule has 2 aromatic carbocycles. The lowest BCUT2D eigenvalue weighted by atomic mass is 10.1. The first kappa shape index (κ1) is 22.6. The molecule has 1 fully saturated rings. The molecule has 1 amide bonds. The topological polar surface area (TPSA) is 47.4 Å². The number of ether oxygens (including phenoxy) is 1. The van der Waals surface area contributed by atoms with Crippen LogP contribution >= 0.6 is 35.6 Å². The van der Waals surface area contributed by atoms with Gasteiger partial charge >= 0.3 is 0 Å². The third-order valence-electron chi connectivity index (χ3n) is 5.33. The number of carbonyl (C=O) groups excluding carboxylic acids is 1. The van der Waals surface area contributed by atoms with Crippen molar-refractivity contribution in [3.05, 3.63) is 70.2 Å². The van der Waals surface area contributed by atoms with Gasteiger partial charge in [0.25, 0.3) is 5.91 Å². The fraction of sp³-hybridized carbons (Fsp3) is 0.208. The van der Waals surface area contributed by atoms with Crippen molar-refractivity contribution in [1.82, 2.24) is 14.7 Å². The number of hydrogen-bond acceptors (Lipinski definition) is 5. The second-order valence-electron chi connectivity index (χ2n) is 7.37. The van der Waals surface area contributed by atoms with Gasteiger partial charge in [-0.05, 0) is 49.8 Å². The van der Waals surface area contributed by atoms with E-state index in [-0.39, 0.29) is 11.9 Å².